The number of aryl methyl sites for hydroxylation is 1. The Labute approximate surface area is 151 Å². The molecule has 0 fully saturated rings. The van der Waals surface area contributed by atoms with Gasteiger partial charge in [-0.15, -0.1) is 10.2 Å². The lowest BCUT2D eigenvalue weighted by molar-refractivity contribution is -0.139. The molecule has 0 aliphatic heterocycles. The third-order valence-electron chi connectivity index (χ3n) is 4.06. The van der Waals surface area contributed by atoms with Crippen LogP contribution in [0.4, 0.5) is 17.2 Å². The number of ether oxygens (including phenoxy) is 1. The Bertz CT molecular complexity index is 958. The fraction of sp³-hybridized carbons (Fsp3) is 0.263. The third-order valence-corrected chi connectivity index (χ3v) is 4.06. The van der Waals surface area contributed by atoms with Crippen molar-refractivity contribution in [3.63, 3.8) is 0 Å². The van der Waals surface area contributed by atoms with Crippen LogP contribution >= 0.6 is 0 Å². The lowest BCUT2D eigenvalue weighted by Gasteiger charge is -2.11. The van der Waals surface area contributed by atoms with Crippen molar-refractivity contribution in [2.24, 2.45) is 10.2 Å². The van der Waals surface area contributed by atoms with Crippen molar-refractivity contribution in [3.8, 4) is 0 Å². The van der Waals surface area contributed by atoms with E-state index in [1.807, 2.05) is 72.9 Å². The topological polar surface area (TPSA) is 71.6 Å². The summed E-state index contributed by atoms with van der Waals surface area (Å²) in [5.41, 5.74) is 4.10. The highest BCUT2D eigenvalue weighted by molar-refractivity contribution is 5.74. The minimum absolute atomic E-state index is 0.0472. The second-order valence-corrected chi connectivity index (χ2v) is 6.13. The van der Waals surface area contributed by atoms with Crippen LogP contribution in [0.25, 0.3) is 5.65 Å². The van der Waals surface area contributed by atoms with Crippen molar-refractivity contribution < 1.29 is 9.53 Å². The van der Waals surface area contributed by atoms with E-state index in [9.17, 15) is 4.79 Å². The second-order valence-electron chi connectivity index (χ2n) is 6.13. The molecule has 0 radical (unpaired) electrons. The van der Waals surface area contributed by atoms with Gasteiger partial charge in [-0.25, -0.2) is 4.98 Å². The summed E-state index contributed by atoms with van der Waals surface area (Å²) in [6, 6.07) is 11.6. The van der Waals surface area contributed by atoms with Crippen molar-refractivity contribution in [1.29, 1.82) is 0 Å². The van der Waals surface area contributed by atoms with Gasteiger partial charge in [0, 0.05) is 26.0 Å². The molecule has 2 heterocycles. The van der Waals surface area contributed by atoms with E-state index >= 15 is 0 Å². The summed E-state index contributed by atoms with van der Waals surface area (Å²) in [5, 5.41) is 8.69. The van der Waals surface area contributed by atoms with Crippen LogP contribution in [0.3, 0.4) is 0 Å². The Morgan fingerprint density at radius 1 is 1.19 bits per heavy atom. The Morgan fingerprint density at radius 3 is 2.58 bits per heavy atom. The SMILES string of the molecule is COC(=O)Cc1nc2c(C)cccn2c1N=Nc1ccc(N(C)C)cc1. The van der Waals surface area contributed by atoms with E-state index in [2.05, 4.69) is 15.2 Å². The van der Waals surface area contributed by atoms with Crippen molar-refractivity contribution in [2.75, 3.05) is 26.1 Å². The molecule has 0 saturated carbocycles. The fourth-order valence-corrected chi connectivity index (χ4v) is 2.59. The van der Waals surface area contributed by atoms with Crippen LogP contribution in [0.5, 0.6) is 0 Å². The number of azo groups is 1. The Morgan fingerprint density at radius 2 is 1.92 bits per heavy atom. The maximum absolute atomic E-state index is 11.7. The van der Waals surface area contributed by atoms with E-state index in [0.717, 1.165) is 22.6 Å². The number of esters is 1. The molecule has 0 spiro atoms. The van der Waals surface area contributed by atoms with Crippen LogP contribution in [-0.4, -0.2) is 36.6 Å². The summed E-state index contributed by atoms with van der Waals surface area (Å²) in [5.74, 6) is 0.170. The van der Waals surface area contributed by atoms with Crippen LogP contribution in [0.1, 0.15) is 11.3 Å². The van der Waals surface area contributed by atoms with Gasteiger partial charge < -0.3 is 9.64 Å². The van der Waals surface area contributed by atoms with Gasteiger partial charge in [0.15, 0.2) is 5.82 Å². The first-order chi connectivity index (χ1) is 12.5. The first kappa shape index (κ1) is 17.6. The average Bonchev–Trinajstić information content (AvgIpc) is 2.98. The van der Waals surface area contributed by atoms with E-state index < -0.39 is 0 Å². The molecule has 7 nitrogen and oxygen atoms in total. The third kappa shape index (κ3) is 3.56. The summed E-state index contributed by atoms with van der Waals surface area (Å²) in [6.07, 6.45) is 1.91. The van der Waals surface area contributed by atoms with E-state index in [1.54, 1.807) is 0 Å². The number of benzene rings is 1. The van der Waals surface area contributed by atoms with Gasteiger partial charge in [-0.1, -0.05) is 6.07 Å². The number of carbonyl (C=O) groups is 1. The number of rotatable bonds is 5. The number of nitrogens with zero attached hydrogens (tertiary/aromatic N) is 5. The monoisotopic (exact) mass is 351 g/mol. The minimum Gasteiger partial charge on any atom is -0.469 e. The van der Waals surface area contributed by atoms with Crippen molar-refractivity contribution in [2.45, 2.75) is 13.3 Å². The van der Waals surface area contributed by atoms with Crippen LogP contribution in [0.2, 0.25) is 0 Å². The quantitative estimate of drug-likeness (QED) is 0.517. The van der Waals surface area contributed by atoms with Crippen molar-refractivity contribution in [1.82, 2.24) is 9.38 Å². The molecule has 134 valence electrons. The zero-order valence-corrected chi connectivity index (χ0v) is 15.3. The van der Waals surface area contributed by atoms with Gasteiger partial charge in [-0.05, 0) is 42.8 Å². The molecule has 0 N–H and O–H groups in total. The number of fused-ring (bicyclic) bond motifs is 1. The molecular weight excluding hydrogens is 330 g/mol. The molecule has 0 aliphatic carbocycles. The van der Waals surface area contributed by atoms with Gasteiger partial charge in [0.2, 0.25) is 0 Å². The number of anilines is 1. The molecule has 7 heteroatoms. The lowest BCUT2D eigenvalue weighted by atomic mass is 10.3. The molecule has 1 aromatic carbocycles. The van der Waals surface area contributed by atoms with Crippen LogP contribution in [0.15, 0.2) is 52.8 Å². The zero-order valence-electron chi connectivity index (χ0n) is 15.3. The average molecular weight is 351 g/mol. The molecule has 0 unspecified atom stereocenters. The molecule has 26 heavy (non-hydrogen) atoms. The summed E-state index contributed by atoms with van der Waals surface area (Å²) < 4.78 is 6.61. The predicted molar refractivity (Wildman–Crippen MR) is 101 cm³/mol. The van der Waals surface area contributed by atoms with Gasteiger partial charge in [0.05, 0.1) is 24.9 Å². The summed E-state index contributed by atoms with van der Waals surface area (Å²) in [4.78, 5) is 18.3. The van der Waals surface area contributed by atoms with E-state index in [-0.39, 0.29) is 12.4 Å². The first-order valence-corrected chi connectivity index (χ1v) is 8.22. The molecule has 0 saturated heterocycles. The number of hydrogen-bond acceptors (Lipinski definition) is 6. The standard InChI is InChI=1S/C19H21N5O2/c1-13-6-5-11-24-18(13)20-16(12-17(25)26-4)19(24)22-21-14-7-9-15(10-8-14)23(2)3/h5-11H,12H2,1-4H3. The highest BCUT2D eigenvalue weighted by Crippen LogP contribution is 2.27. The van der Waals surface area contributed by atoms with E-state index in [0.29, 0.717) is 11.5 Å². The first-order valence-electron chi connectivity index (χ1n) is 8.22. The zero-order chi connectivity index (χ0) is 18.7. The number of imidazole rings is 1. The van der Waals surface area contributed by atoms with E-state index in [1.165, 1.54) is 7.11 Å². The van der Waals surface area contributed by atoms with Crippen LogP contribution < -0.4 is 4.90 Å². The molecule has 0 bridgehead atoms. The summed E-state index contributed by atoms with van der Waals surface area (Å²) in [6.45, 7) is 1.96. The Balaban J connectivity index is 2.00. The summed E-state index contributed by atoms with van der Waals surface area (Å²) in [7, 11) is 5.32. The number of pyridine rings is 1. The fourth-order valence-electron chi connectivity index (χ4n) is 2.59. The number of methoxy groups -OCH3 is 1. The van der Waals surface area contributed by atoms with Crippen molar-refractivity contribution in [3.05, 3.63) is 53.9 Å². The molecular formula is C19H21N5O2. The predicted octanol–water partition coefficient (Wildman–Crippen LogP) is 3.84. The Hall–Kier alpha value is -3.22. The maximum atomic E-state index is 11.7. The van der Waals surface area contributed by atoms with Crippen LogP contribution in [0, 0.1) is 6.92 Å². The largest absolute Gasteiger partial charge is 0.469 e. The minimum atomic E-state index is -0.363. The number of aromatic nitrogens is 2. The van der Waals surface area contributed by atoms with Gasteiger partial charge in [0.1, 0.15) is 5.65 Å². The number of hydrogen-bond donors (Lipinski definition) is 0. The van der Waals surface area contributed by atoms with Crippen molar-refractivity contribution >= 4 is 28.8 Å². The molecule has 3 rings (SSSR count). The lowest BCUT2D eigenvalue weighted by Crippen LogP contribution is -2.07. The molecule has 3 aromatic rings. The van der Waals surface area contributed by atoms with Gasteiger partial charge in [-0.3, -0.25) is 9.20 Å². The Kier molecular flexibility index (Phi) is 4.97. The highest BCUT2D eigenvalue weighted by atomic mass is 16.5. The molecule has 2 aromatic heterocycles. The smallest absolute Gasteiger partial charge is 0.311 e. The number of carbonyl (C=O) groups excluding carboxylic acids is 1. The maximum Gasteiger partial charge on any atom is 0.311 e. The van der Waals surface area contributed by atoms with E-state index in [4.69, 9.17) is 4.74 Å². The highest BCUT2D eigenvalue weighted by Gasteiger charge is 2.16. The molecule has 0 atom stereocenters. The molecule has 0 amide bonds. The molecule has 0 aliphatic rings. The van der Waals surface area contributed by atoms with Crippen LogP contribution in [-0.2, 0) is 16.0 Å². The normalized spacial score (nSPS) is 11.2. The van der Waals surface area contributed by atoms with Gasteiger partial charge >= 0.3 is 5.97 Å². The summed E-state index contributed by atoms with van der Waals surface area (Å²) >= 11 is 0. The second kappa shape index (κ2) is 7.35. The van der Waals surface area contributed by atoms with Gasteiger partial charge in [0.25, 0.3) is 0 Å². The van der Waals surface area contributed by atoms with Gasteiger partial charge in [-0.2, -0.15) is 0 Å².